The molecule has 0 aliphatic heterocycles. The van der Waals surface area contributed by atoms with Gasteiger partial charge in [0, 0.05) is 13.1 Å². The molecule has 1 unspecified atom stereocenters. The highest BCUT2D eigenvalue weighted by Crippen LogP contribution is 2.49. The average molecular weight is 696 g/mol. The van der Waals surface area contributed by atoms with Gasteiger partial charge in [-0.1, -0.05) is 60.7 Å². The van der Waals surface area contributed by atoms with Gasteiger partial charge in [-0.05, 0) is 52.7 Å². The first-order chi connectivity index (χ1) is 22.5. The van der Waals surface area contributed by atoms with E-state index in [1.807, 2.05) is 36.4 Å². The fourth-order valence-electron chi connectivity index (χ4n) is 3.44. The molecule has 2 aromatic rings. The quantitative estimate of drug-likeness (QED) is 0.0848. The van der Waals surface area contributed by atoms with E-state index < -0.39 is 55.9 Å². The lowest BCUT2D eigenvalue weighted by Gasteiger charge is -2.27. The predicted molar refractivity (Wildman–Crippen MR) is 174 cm³/mol. The molecule has 0 fully saturated rings. The maximum atomic E-state index is 13.6. The molecular formula is C32H46N3O12P. The predicted octanol–water partition coefficient (Wildman–Crippen LogP) is 5.23. The van der Waals surface area contributed by atoms with Crippen LogP contribution < -0.4 is 16.0 Å². The number of nitrogens with one attached hydrogen (secondary N) is 3. The summed E-state index contributed by atoms with van der Waals surface area (Å²) >= 11 is 0. The SMILES string of the molecule is CC(C)(C)OC(=O)NC(COP(=O)(OCCNC(=O)OCc1ccccc1)OCCNC(=O)OCc1ccccc1)C(=O)OC(C)(C)C. The monoisotopic (exact) mass is 695 g/mol. The first kappa shape index (κ1) is 40.0. The summed E-state index contributed by atoms with van der Waals surface area (Å²) in [7, 11) is -4.48. The minimum absolute atomic E-state index is 0.0374. The Morgan fingerprint density at radius 2 is 1.08 bits per heavy atom. The summed E-state index contributed by atoms with van der Waals surface area (Å²) in [5, 5.41) is 7.25. The van der Waals surface area contributed by atoms with Gasteiger partial charge in [0.2, 0.25) is 0 Å². The number of carbonyl (C=O) groups excluding carboxylic acids is 4. The molecule has 3 amide bonds. The summed E-state index contributed by atoms with van der Waals surface area (Å²) in [6, 6.07) is 16.6. The van der Waals surface area contributed by atoms with Crippen molar-refractivity contribution < 1.29 is 56.3 Å². The van der Waals surface area contributed by atoms with E-state index in [0.29, 0.717) is 0 Å². The Hall–Kier alpha value is -4.17. The second-order valence-electron chi connectivity index (χ2n) is 12.1. The number of amides is 3. The molecule has 0 aromatic heterocycles. The third-order valence-corrected chi connectivity index (χ3v) is 6.91. The molecule has 0 aliphatic rings. The molecule has 2 rings (SSSR count). The molecule has 266 valence electrons. The third-order valence-electron chi connectivity index (χ3n) is 5.45. The number of phosphoric acid groups is 1. The highest BCUT2D eigenvalue weighted by molar-refractivity contribution is 7.48. The molecule has 0 saturated carbocycles. The van der Waals surface area contributed by atoms with Crippen molar-refractivity contribution in [1.29, 1.82) is 0 Å². The van der Waals surface area contributed by atoms with Crippen LogP contribution in [0.3, 0.4) is 0 Å². The number of rotatable bonds is 17. The molecule has 0 aliphatic carbocycles. The third kappa shape index (κ3) is 18.2. The van der Waals surface area contributed by atoms with Gasteiger partial charge in [0.05, 0.1) is 19.8 Å². The number of esters is 1. The smallest absolute Gasteiger partial charge is 0.458 e. The van der Waals surface area contributed by atoms with Crippen LogP contribution in [0.15, 0.2) is 60.7 Å². The Balaban J connectivity index is 2.00. The van der Waals surface area contributed by atoms with Crippen molar-refractivity contribution in [2.75, 3.05) is 32.9 Å². The lowest BCUT2D eigenvalue weighted by atomic mass is 10.2. The fraction of sp³-hybridized carbons (Fsp3) is 0.500. The summed E-state index contributed by atoms with van der Waals surface area (Å²) in [5.74, 6) is -0.898. The van der Waals surface area contributed by atoms with Gasteiger partial charge in [-0.3, -0.25) is 13.6 Å². The van der Waals surface area contributed by atoms with E-state index in [9.17, 15) is 23.7 Å². The molecule has 1 atom stereocenters. The highest BCUT2D eigenvalue weighted by atomic mass is 31.2. The van der Waals surface area contributed by atoms with Gasteiger partial charge in [-0.25, -0.2) is 23.7 Å². The molecular weight excluding hydrogens is 649 g/mol. The van der Waals surface area contributed by atoms with Crippen LogP contribution in [0, 0.1) is 0 Å². The van der Waals surface area contributed by atoms with Crippen LogP contribution in [0.25, 0.3) is 0 Å². The van der Waals surface area contributed by atoms with E-state index in [2.05, 4.69) is 16.0 Å². The Morgan fingerprint density at radius 1 is 0.646 bits per heavy atom. The van der Waals surface area contributed by atoms with Crippen LogP contribution in [0.2, 0.25) is 0 Å². The molecule has 3 N–H and O–H groups in total. The molecule has 48 heavy (non-hydrogen) atoms. The summed E-state index contributed by atoms with van der Waals surface area (Å²) in [6.07, 6.45) is -2.44. The van der Waals surface area contributed by atoms with Gasteiger partial charge in [0.1, 0.15) is 24.4 Å². The van der Waals surface area contributed by atoms with Gasteiger partial charge in [0.15, 0.2) is 6.04 Å². The summed E-state index contributed by atoms with van der Waals surface area (Å²) in [5.41, 5.74) is -0.238. The summed E-state index contributed by atoms with van der Waals surface area (Å²) in [6.45, 7) is 8.14. The van der Waals surface area contributed by atoms with E-state index in [0.717, 1.165) is 11.1 Å². The lowest BCUT2D eigenvalue weighted by Crippen LogP contribution is -2.48. The summed E-state index contributed by atoms with van der Waals surface area (Å²) in [4.78, 5) is 49.6. The van der Waals surface area contributed by atoms with Gasteiger partial charge >= 0.3 is 32.1 Å². The second kappa shape index (κ2) is 19.6. The number of hydrogen-bond donors (Lipinski definition) is 3. The van der Waals surface area contributed by atoms with Gasteiger partial charge < -0.3 is 34.9 Å². The first-order valence-electron chi connectivity index (χ1n) is 15.2. The van der Waals surface area contributed by atoms with Crippen LogP contribution in [-0.2, 0) is 55.1 Å². The molecule has 16 heteroatoms. The lowest BCUT2D eigenvalue weighted by molar-refractivity contribution is -0.158. The Bertz CT molecular complexity index is 1280. The first-order valence-corrected chi connectivity index (χ1v) is 16.6. The maximum absolute atomic E-state index is 13.6. The van der Waals surface area contributed by atoms with Crippen LogP contribution in [0.4, 0.5) is 14.4 Å². The van der Waals surface area contributed by atoms with E-state index >= 15 is 0 Å². The van der Waals surface area contributed by atoms with E-state index in [1.165, 1.54) is 0 Å². The fourth-order valence-corrected chi connectivity index (χ4v) is 4.62. The van der Waals surface area contributed by atoms with Crippen LogP contribution >= 0.6 is 7.82 Å². The molecule has 2 aromatic carbocycles. The van der Waals surface area contributed by atoms with E-state index in [1.54, 1.807) is 65.8 Å². The van der Waals surface area contributed by atoms with Crippen LogP contribution in [-0.4, -0.2) is 74.4 Å². The van der Waals surface area contributed by atoms with E-state index in [-0.39, 0.29) is 39.5 Å². The Morgan fingerprint density at radius 3 is 1.50 bits per heavy atom. The Labute approximate surface area is 280 Å². The minimum Gasteiger partial charge on any atom is -0.458 e. The Kier molecular flexibility index (Phi) is 16.3. The van der Waals surface area contributed by atoms with Crippen molar-refractivity contribution >= 4 is 32.1 Å². The van der Waals surface area contributed by atoms with Crippen molar-refractivity contribution in [2.45, 2.75) is 72.0 Å². The van der Waals surface area contributed by atoms with Gasteiger partial charge in [0.25, 0.3) is 0 Å². The van der Waals surface area contributed by atoms with Gasteiger partial charge in [-0.2, -0.15) is 0 Å². The largest absolute Gasteiger partial charge is 0.474 e. The number of ether oxygens (including phenoxy) is 4. The molecule has 0 spiro atoms. The standard InChI is InChI=1S/C32H46N3O12P/c1-31(2,3)46-27(36)26(35-30(39)47-32(4,5)6)23-45-48(40,43-19-17-33-28(37)41-21-24-13-9-7-10-14-24)44-20-18-34-29(38)42-22-25-15-11-8-12-16-25/h7-16,26H,17-23H2,1-6H3,(H,33,37)(H,34,38)(H,35,39). The van der Waals surface area contributed by atoms with Crippen molar-refractivity contribution in [3.05, 3.63) is 71.8 Å². The minimum atomic E-state index is -4.48. The normalized spacial score (nSPS) is 12.3. The zero-order valence-corrected chi connectivity index (χ0v) is 29.0. The van der Waals surface area contributed by atoms with Crippen molar-refractivity contribution in [3.63, 3.8) is 0 Å². The maximum Gasteiger partial charge on any atom is 0.474 e. The average Bonchev–Trinajstić information content (AvgIpc) is 3.01. The molecule has 0 saturated heterocycles. The number of benzene rings is 2. The number of alkyl carbamates (subject to hydrolysis) is 3. The molecule has 0 bridgehead atoms. The number of carbonyl (C=O) groups is 4. The molecule has 0 heterocycles. The second-order valence-corrected chi connectivity index (χ2v) is 13.8. The zero-order valence-electron chi connectivity index (χ0n) is 28.1. The topological polar surface area (TPSA) is 186 Å². The molecule has 0 radical (unpaired) electrons. The van der Waals surface area contributed by atoms with Crippen LogP contribution in [0.1, 0.15) is 52.7 Å². The van der Waals surface area contributed by atoms with E-state index in [4.69, 9.17) is 32.5 Å². The van der Waals surface area contributed by atoms with Crippen molar-refractivity contribution in [1.82, 2.24) is 16.0 Å². The van der Waals surface area contributed by atoms with Crippen molar-refractivity contribution in [2.24, 2.45) is 0 Å². The van der Waals surface area contributed by atoms with Crippen LogP contribution in [0.5, 0.6) is 0 Å². The molecule has 15 nitrogen and oxygen atoms in total. The number of phosphoric ester groups is 1. The van der Waals surface area contributed by atoms with Gasteiger partial charge in [-0.15, -0.1) is 0 Å². The summed E-state index contributed by atoms with van der Waals surface area (Å²) < 4.78 is 50.7. The zero-order chi connectivity index (χ0) is 35.6. The number of hydrogen-bond acceptors (Lipinski definition) is 12. The van der Waals surface area contributed by atoms with Crippen molar-refractivity contribution in [3.8, 4) is 0 Å². The highest BCUT2D eigenvalue weighted by Gasteiger charge is 2.34.